The number of fused-ring (bicyclic) bond motifs is 1. The molecule has 0 aliphatic carbocycles. The van der Waals surface area contributed by atoms with Crippen LogP contribution >= 0.6 is 15.6 Å². The number of alkyl halides is 1. The summed E-state index contributed by atoms with van der Waals surface area (Å²) in [6.07, 6.45) is -10.4. The van der Waals surface area contributed by atoms with Crippen LogP contribution in [0.1, 0.15) is 40.8 Å². The number of anilines is 1. The number of carbonyl (C=O) groups is 3. The summed E-state index contributed by atoms with van der Waals surface area (Å²) >= 11 is 0. The highest BCUT2D eigenvalue weighted by Gasteiger charge is 2.52. The minimum Gasteiger partial charge on any atom is -0.462 e. The highest BCUT2D eigenvalue weighted by Crippen LogP contribution is 2.62. The van der Waals surface area contributed by atoms with Gasteiger partial charge in [-0.2, -0.15) is 4.31 Å². The van der Waals surface area contributed by atoms with Crippen molar-refractivity contribution in [1.29, 1.82) is 0 Å². The highest BCUT2D eigenvalue weighted by molar-refractivity contribution is 7.61. The number of carbonyl (C=O) groups excluding carboxylic acids is 3. The van der Waals surface area contributed by atoms with Gasteiger partial charge in [-0.1, -0.05) is 13.8 Å². The summed E-state index contributed by atoms with van der Waals surface area (Å²) in [6.45, 7) is 4.86. The second-order valence-corrected chi connectivity index (χ2v) is 14.4. The minimum atomic E-state index is -5.66. The third-order valence-electron chi connectivity index (χ3n) is 7.76. The number of rotatable bonds is 13. The number of halogens is 1. The molecule has 0 aromatic carbocycles. The van der Waals surface area contributed by atoms with Crippen molar-refractivity contribution in [3.8, 4) is 0 Å². The van der Waals surface area contributed by atoms with Crippen LogP contribution in [-0.4, -0.2) is 104 Å². The molecule has 2 aromatic rings. The van der Waals surface area contributed by atoms with Gasteiger partial charge in [0.15, 0.2) is 30.3 Å². The van der Waals surface area contributed by atoms with Crippen LogP contribution in [0.4, 0.5) is 10.1 Å². The van der Waals surface area contributed by atoms with E-state index in [0.29, 0.717) is 0 Å². The molecule has 20 nitrogen and oxygen atoms in total. The first-order valence-electron chi connectivity index (χ1n) is 14.7. The van der Waals surface area contributed by atoms with E-state index in [1.54, 1.807) is 13.8 Å². The number of phosphoric acid groups is 2. The van der Waals surface area contributed by atoms with E-state index in [0.717, 1.165) is 20.8 Å². The summed E-state index contributed by atoms with van der Waals surface area (Å²) in [4.78, 5) is 64.0. The number of aliphatic hydroxyl groups is 1. The van der Waals surface area contributed by atoms with Crippen molar-refractivity contribution in [3.63, 3.8) is 0 Å². The first-order chi connectivity index (χ1) is 22.8. The van der Waals surface area contributed by atoms with Gasteiger partial charge >= 0.3 is 33.6 Å². The van der Waals surface area contributed by atoms with Gasteiger partial charge in [0.2, 0.25) is 6.29 Å². The van der Waals surface area contributed by atoms with Crippen LogP contribution in [0.5, 0.6) is 0 Å². The van der Waals surface area contributed by atoms with Crippen molar-refractivity contribution in [2.45, 2.75) is 83.8 Å². The molecule has 5 unspecified atom stereocenters. The molecule has 23 heteroatoms. The van der Waals surface area contributed by atoms with Crippen molar-refractivity contribution in [1.82, 2.24) is 14.5 Å². The summed E-state index contributed by atoms with van der Waals surface area (Å²) in [5.41, 5.74) is 6.52. The van der Waals surface area contributed by atoms with E-state index < -0.39 is 108 Å². The van der Waals surface area contributed by atoms with Crippen LogP contribution in [0.25, 0.3) is 11.2 Å². The number of esters is 3. The van der Waals surface area contributed by atoms with Crippen LogP contribution < -0.4 is 5.73 Å². The third-order valence-corrected chi connectivity index (χ3v) is 10.4. The normalized spacial score (nSPS) is 31.7. The van der Waals surface area contributed by atoms with Gasteiger partial charge in [-0.3, -0.25) is 28.0 Å². The zero-order chi connectivity index (χ0) is 36.4. The second kappa shape index (κ2) is 15.4. The van der Waals surface area contributed by atoms with Crippen molar-refractivity contribution in [2.75, 3.05) is 18.9 Å². The number of aromatic nitrogens is 3. The lowest BCUT2D eigenvalue weighted by atomic mass is 9.81. The molecule has 2 aliphatic heterocycles. The molecule has 0 bridgehead atoms. The topological polar surface area (TPSA) is 277 Å². The molecule has 2 fully saturated rings. The first-order valence-corrected chi connectivity index (χ1v) is 17.7. The molecule has 0 radical (unpaired) electrons. The summed E-state index contributed by atoms with van der Waals surface area (Å²) < 4.78 is 82.9. The molecule has 274 valence electrons. The average Bonchev–Trinajstić information content (AvgIpc) is 3.54. The number of hydrogen-bond donors (Lipinski definition) is 4. The van der Waals surface area contributed by atoms with Crippen molar-refractivity contribution in [2.24, 2.45) is 11.8 Å². The van der Waals surface area contributed by atoms with Gasteiger partial charge in [-0.15, -0.1) is 0 Å². The Bertz CT molecular complexity index is 1630. The second-order valence-electron chi connectivity index (χ2n) is 11.4. The van der Waals surface area contributed by atoms with Crippen molar-refractivity contribution in [3.05, 3.63) is 18.6 Å². The molecule has 12 atom stereocenters. The average molecular weight is 743 g/mol. The Labute approximate surface area is 278 Å². The van der Waals surface area contributed by atoms with Crippen molar-refractivity contribution < 1.29 is 79.8 Å². The molecule has 2 aliphatic rings. The Morgan fingerprint density at radius 1 is 1.06 bits per heavy atom. The predicted molar refractivity (Wildman–Crippen MR) is 159 cm³/mol. The summed E-state index contributed by atoms with van der Waals surface area (Å²) in [7, 11) is -11.2. The van der Waals surface area contributed by atoms with E-state index in [1.807, 2.05) is 0 Å². The molecule has 49 heavy (non-hydrogen) atoms. The molecule has 2 saturated heterocycles. The smallest absolute Gasteiger partial charge is 0.462 e. The standard InChI is InChI=1S/C26H37FN4O16P2/c1-11-12(2)23(43-15(5)34)26(45-22(11)18(42-14(4)33)8-40-13(3)32)46-49(38,39)47-48(36,37)41-9-17-19(27)21(35)25(44-17)31-10-30-20-16(28)6-7-29-24(20)31/h6-7,10-12,17-19,21-23,25-26,35H,8-9H2,1-5H3,(H2,28,29)(H,36,37)(H,38,39)/t11-,12-,17+,18+,19?,21-,22?,23?,25+,26-/m0/s1. The number of nitrogens with zero attached hydrogens (tertiary/aromatic N) is 3. The number of nitrogen functional groups attached to an aromatic ring is 1. The van der Waals surface area contributed by atoms with E-state index in [2.05, 4.69) is 14.3 Å². The zero-order valence-electron chi connectivity index (χ0n) is 26.8. The number of hydrogen-bond acceptors (Lipinski definition) is 17. The summed E-state index contributed by atoms with van der Waals surface area (Å²) in [5.74, 6) is -3.70. The molecule has 2 aromatic heterocycles. The fraction of sp³-hybridized carbons (Fsp3) is 0.654. The molecule has 0 amide bonds. The molecular weight excluding hydrogens is 705 g/mol. The van der Waals surface area contributed by atoms with Gasteiger partial charge in [-0.25, -0.2) is 23.5 Å². The largest absolute Gasteiger partial charge is 0.483 e. The Hall–Kier alpha value is -3.10. The molecule has 4 heterocycles. The van der Waals surface area contributed by atoms with Crippen LogP contribution in [-0.2, 0) is 60.6 Å². The van der Waals surface area contributed by atoms with Crippen molar-refractivity contribution >= 4 is 50.4 Å². The van der Waals surface area contributed by atoms with E-state index in [1.165, 1.54) is 23.2 Å². The third kappa shape index (κ3) is 9.37. The van der Waals surface area contributed by atoms with E-state index >= 15 is 4.39 Å². The van der Waals surface area contributed by atoms with Crippen LogP contribution in [0.3, 0.4) is 0 Å². The monoisotopic (exact) mass is 742 g/mol. The van der Waals surface area contributed by atoms with Gasteiger partial charge < -0.3 is 44.3 Å². The van der Waals surface area contributed by atoms with Gasteiger partial charge in [-0.05, 0) is 12.0 Å². The van der Waals surface area contributed by atoms with E-state index in [9.17, 15) is 38.4 Å². The van der Waals surface area contributed by atoms with E-state index in [4.69, 9.17) is 38.5 Å². The Morgan fingerprint density at radius 2 is 1.76 bits per heavy atom. The molecule has 4 rings (SSSR count). The van der Waals surface area contributed by atoms with E-state index in [-0.39, 0.29) is 16.9 Å². The van der Waals surface area contributed by atoms with Crippen LogP contribution in [0.2, 0.25) is 0 Å². The maximum Gasteiger partial charge on any atom is 0.483 e. The highest BCUT2D eigenvalue weighted by atomic mass is 31.3. The molecule has 0 saturated carbocycles. The van der Waals surface area contributed by atoms with Gasteiger partial charge in [0.05, 0.1) is 18.6 Å². The fourth-order valence-electron chi connectivity index (χ4n) is 5.36. The number of phosphoric ester groups is 2. The lowest BCUT2D eigenvalue weighted by Crippen LogP contribution is -2.56. The molecule has 5 N–H and O–H groups in total. The number of nitrogens with two attached hydrogens (primary N) is 1. The minimum absolute atomic E-state index is 0.154. The van der Waals surface area contributed by atoms with Crippen LogP contribution in [0, 0.1) is 11.8 Å². The molecular formula is C26H37FN4O16P2. The molecule has 0 spiro atoms. The number of aliphatic hydroxyl groups excluding tert-OH is 1. The Kier molecular flexibility index (Phi) is 12.2. The fourth-order valence-corrected chi connectivity index (χ4v) is 7.51. The van der Waals surface area contributed by atoms with Gasteiger partial charge in [0.1, 0.15) is 30.4 Å². The van der Waals surface area contributed by atoms with Gasteiger partial charge in [0.25, 0.3) is 0 Å². The van der Waals surface area contributed by atoms with Crippen LogP contribution in [0.15, 0.2) is 18.6 Å². The zero-order valence-corrected chi connectivity index (χ0v) is 28.5. The summed E-state index contributed by atoms with van der Waals surface area (Å²) in [6, 6.07) is 1.48. The maximum absolute atomic E-state index is 15.0. The number of ether oxygens (including phenoxy) is 5. The first kappa shape index (κ1) is 38.7. The lowest BCUT2D eigenvalue weighted by molar-refractivity contribution is -0.270. The Balaban J connectivity index is 1.45. The number of pyridine rings is 1. The SMILES string of the molecule is CC(=O)OC[C@@H](OC(C)=O)C1O[C@@H](OP(=O)(O)OP(=O)(O)OC[C@H]2O[C@@H](n3cnc4c(N)ccnc43)[C@@H](O)C2F)C(OC(C)=O)[C@@H](C)[C@@H]1C. The van der Waals surface area contributed by atoms with Gasteiger partial charge in [0, 0.05) is 32.9 Å². The lowest BCUT2D eigenvalue weighted by Gasteiger charge is -2.45. The predicted octanol–water partition coefficient (Wildman–Crippen LogP) is 1.28. The summed E-state index contributed by atoms with van der Waals surface area (Å²) in [5, 5.41) is 10.5. The quantitative estimate of drug-likeness (QED) is 0.128. The maximum atomic E-state index is 15.0. The Morgan fingerprint density at radius 3 is 2.39 bits per heavy atom. The number of imidazole rings is 1.